The largest absolute Gasteiger partial charge is 0.269 e. The smallest absolute Gasteiger partial charge is 0.258 e. The summed E-state index contributed by atoms with van der Waals surface area (Å²) in [6.45, 7) is 0. The molecule has 5 nitrogen and oxygen atoms in total. The first kappa shape index (κ1) is 17.8. The van der Waals surface area contributed by atoms with Crippen LogP contribution in [0.5, 0.6) is 0 Å². The topological polar surface area (TPSA) is 68.4 Å². The molecule has 0 amide bonds. The third-order valence-electron chi connectivity index (χ3n) is 4.13. The Kier molecular flexibility index (Phi) is 5.03. The minimum absolute atomic E-state index is 0.0665. The summed E-state index contributed by atoms with van der Waals surface area (Å²) in [5.74, 6) is 0. The van der Waals surface area contributed by atoms with Crippen LogP contribution in [0.25, 0.3) is 21.7 Å². The zero-order chi connectivity index (χ0) is 19.3. The van der Waals surface area contributed by atoms with Gasteiger partial charge in [0, 0.05) is 23.9 Å². The SMILES string of the molecule is O=[N+]([O-])c1ccc(-c2sc(N=Cc3ccccc3)nc2-c2ccccc2)cc1. The summed E-state index contributed by atoms with van der Waals surface area (Å²) < 4.78 is 0. The lowest BCUT2D eigenvalue weighted by atomic mass is 10.1. The fourth-order valence-corrected chi connectivity index (χ4v) is 3.69. The van der Waals surface area contributed by atoms with Crippen LogP contribution in [-0.2, 0) is 0 Å². The average molecular weight is 385 g/mol. The second kappa shape index (κ2) is 7.94. The zero-order valence-corrected chi connectivity index (χ0v) is 15.5. The van der Waals surface area contributed by atoms with E-state index in [0.717, 1.165) is 27.3 Å². The van der Waals surface area contributed by atoms with Gasteiger partial charge in [-0.3, -0.25) is 10.1 Å². The van der Waals surface area contributed by atoms with Crippen molar-refractivity contribution in [1.82, 2.24) is 4.98 Å². The number of nitro groups is 1. The van der Waals surface area contributed by atoms with Crippen LogP contribution in [0, 0.1) is 10.1 Å². The quantitative estimate of drug-likeness (QED) is 0.235. The van der Waals surface area contributed by atoms with Gasteiger partial charge < -0.3 is 0 Å². The monoisotopic (exact) mass is 385 g/mol. The van der Waals surface area contributed by atoms with Crippen molar-refractivity contribution in [2.75, 3.05) is 0 Å². The van der Waals surface area contributed by atoms with Crippen LogP contribution < -0.4 is 0 Å². The molecule has 1 aromatic heterocycles. The highest BCUT2D eigenvalue weighted by atomic mass is 32.1. The van der Waals surface area contributed by atoms with Crippen molar-refractivity contribution in [2.24, 2.45) is 4.99 Å². The minimum atomic E-state index is -0.399. The number of rotatable bonds is 5. The highest BCUT2D eigenvalue weighted by Crippen LogP contribution is 2.40. The Hall–Kier alpha value is -3.64. The van der Waals surface area contributed by atoms with E-state index in [4.69, 9.17) is 4.98 Å². The maximum Gasteiger partial charge on any atom is 0.269 e. The maximum absolute atomic E-state index is 10.9. The predicted molar refractivity (Wildman–Crippen MR) is 113 cm³/mol. The van der Waals surface area contributed by atoms with Crippen LogP contribution in [0.3, 0.4) is 0 Å². The molecule has 0 atom stereocenters. The fraction of sp³-hybridized carbons (Fsp3) is 0. The summed E-state index contributed by atoms with van der Waals surface area (Å²) in [6, 6.07) is 26.2. The van der Waals surface area contributed by atoms with Gasteiger partial charge in [-0.25, -0.2) is 9.98 Å². The Morgan fingerprint density at radius 1 is 0.857 bits per heavy atom. The molecule has 1 heterocycles. The molecule has 3 aromatic carbocycles. The fourth-order valence-electron chi connectivity index (χ4n) is 2.75. The molecule has 0 aliphatic heterocycles. The summed E-state index contributed by atoms with van der Waals surface area (Å²) in [6.07, 6.45) is 1.78. The molecule has 0 radical (unpaired) electrons. The van der Waals surface area contributed by atoms with E-state index in [1.807, 2.05) is 60.7 Å². The van der Waals surface area contributed by atoms with Crippen molar-refractivity contribution in [1.29, 1.82) is 0 Å². The van der Waals surface area contributed by atoms with Gasteiger partial charge in [-0.1, -0.05) is 72.0 Å². The number of nitro benzene ring substituents is 1. The van der Waals surface area contributed by atoms with Crippen molar-refractivity contribution in [3.8, 4) is 21.7 Å². The van der Waals surface area contributed by atoms with Gasteiger partial charge in [-0.15, -0.1) is 0 Å². The average Bonchev–Trinajstić information content (AvgIpc) is 3.18. The number of thiazole rings is 1. The van der Waals surface area contributed by atoms with E-state index in [2.05, 4.69) is 4.99 Å². The molecule has 0 saturated carbocycles. The summed E-state index contributed by atoms with van der Waals surface area (Å²) >= 11 is 1.46. The third-order valence-corrected chi connectivity index (χ3v) is 5.14. The lowest BCUT2D eigenvalue weighted by Crippen LogP contribution is -1.87. The zero-order valence-electron chi connectivity index (χ0n) is 14.7. The second-order valence-electron chi connectivity index (χ2n) is 6.01. The first-order chi connectivity index (χ1) is 13.7. The van der Waals surface area contributed by atoms with Crippen LogP contribution in [0.1, 0.15) is 5.56 Å². The van der Waals surface area contributed by atoms with Gasteiger partial charge in [0.25, 0.3) is 5.69 Å². The standard InChI is InChI=1S/C22H15N3O2S/c26-25(27)19-13-11-18(12-14-19)21-20(17-9-5-2-6-10-17)24-22(28-21)23-15-16-7-3-1-4-8-16/h1-15H. The number of aromatic nitrogens is 1. The lowest BCUT2D eigenvalue weighted by molar-refractivity contribution is -0.384. The van der Waals surface area contributed by atoms with Gasteiger partial charge in [0.15, 0.2) is 0 Å². The molecule has 4 aromatic rings. The summed E-state index contributed by atoms with van der Waals surface area (Å²) in [5, 5.41) is 11.6. The number of nitrogens with zero attached hydrogens (tertiary/aromatic N) is 3. The molecule has 4 rings (SSSR count). The van der Waals surface area contributed by atoms with Crippen molar-refractivity contribution in [2.45, 2.75) is 0 Å². The van der Waals surface area contributed by atoms with E-state index in [0.29, 0.717) is 5.13 Å². The van der Waals surface area contributed by atoms with Crippen LogP contribution >= 0.6 is 11.3 Å². The Labute approximate surface area is 165 Å². The number of aliphatic imine (C=N–C) groups is 1. The number of hydrogen-bond donors (Lipinski definition) is 0. The molecular formula is C22H15N3O2S. The van der Waals surface area contributed by atoms with Gasteiger partial charge >= 0.3 is 0 Å². The van der Waals surface area contributed by atoms with Crippen LogP contribution in [0.2, 0.25) is 0 Å². The molecule has 6 heteroatoms. The summed E-state index contributed by atoms with van der Waals surface area (Å²) in [5.41, 5.74) is 3.74. The van der Waals surface area contributed by atoms with Gasteiger partial charge in [0.1, 0.15) is 0 Å². The predicted octanol–water partition coefficient (Wildman–Crippen LogP) is 6.14. The van der Waals surface area contributed by atoms with Gasteiger partial charge in [0.2, 0.25) is 5.13 Å². The Morgan fingerprint density at radius 2 is 1.50 bits per heavy atom. The normalized spacial score (nSPS) is 11.0. The molecule has 0 aliphatic carbocycles. The Morgan fingerprint density at radius 3 is 2.14 bits per heavy atom. The van der Waals surface area contributed by atoms with Gasteiger partial charge in [0.05, 0.1) is 15.5 Å². The highest BCUT2D eigenvalue weighted by molar-refractivity contribution is 7.19. The van der Waals surface area contributed by atoms with E-state index in [9.17, 15) is 10.1 Å². The van der Waals surface area contributed by atoms with E-state index in [1.54, 1.807) is 18.3 Å². The number of benzene rings is 3. The summed E-state index contributed by atoms with van der Waals surface area (Å²) in [7, 11) is 0. The molecular weight excluding hydrogens is 370 g/mol. The number of non-ortho nitro benzene ring substituents is 1. The van der Waals surface area contributed by atoms with Gasteiger partial charge in [-0.2, -0.15) is 0 Å². The summed E-state index contributed by atoms with van der Waals surface area (Å²) in [4.78, 5) is 20.7. The molecule has 0 N–H and O–H groups in total. The van der Waals surface area contributed by atoms with Crippen LogP contribution in [0.4, 0.5) is 10.8 Å². The van der Waals surface area contributed by atoms with Gasteiger partial charge in [-0.05, 0) is 23.3 Å². The Balaban J connectivity index is 1.76. The second-order valence-corrected chi connectivity index (χ2v) is 6.99. The molecule has 136 valence electrons. The first-order valence-corrected chi connectivity index (χ1v) is 9.42. The Bertz CT molecular complexity index is 1120. The third kappa shape index (κ3) is 3.87. The molecule has 0 unspecified atom stereocenters. The number of hydrogen-bond acceptors (Lipinski definition) is 5. The van der Waals surface area contributed by atoms with E-state index >= 15 is 0 Å². The van der Waals surface area contributed by atoms with Crippen LogP contribution in [0.15, 0.2) is 89.9 Å². The van der Waals surface area contributed by atoms with Crippen molar-refractivity contribution >= 4 is 28.4 Å². The molecule has 0 spiro atoms. The van der Waals surface area contributed by atoms with Crippen molar-refractivity contribution in [3.05, 3.63) is 101 Å². The van der Waals surface area contributed by atoms with E-state index in [-0.39, 0.29) is 5.69 Å². The molecule has 0 saturated heterocycles. The first-order valence-electron chi connectivity index (χ1n) is 8.61. The van der Waals surface area contributed by atoms with Crippen molar-refractivity contribution < 1.29 is 4.92 Å². The van der Waals surface area contributed by atoms with E-state index in [1.165, 1.54) is 23.5 Å². The van der Waals surface area contributed by atoms with Crippen LogP contribution in [-0.4, -0.2) is 16.1 Å². The van der Waals surface area contributed by atoms with Crippen molar-refractivity contribution in [3.63, 3.8) is 0 Å². The minimum Gasteiger partial charge on any atom is -0.258 e. The molecule has 0 bridgehead atoms. The molecule has 0 aliphatic rings. The highest BCUT2D eigenvalue weighted by Gasteiger charge is 2.15. The maximum atomic E-state index is 10.9. The van der Waals surface area contributed by atoms with E-state index < -0.39 is 4.92 Å². The molecule has 28 heavy (non-hydrogen) atoms. The molecule has 0 fully saturated rings. The lowest BCUT2D eigenvalue weighted by Gasteiger charge is -2.02.